The standard InChI is InChI=1S/C10H15N3O4S/c14-5-2-7(9(15)16)13-10(17)12-3-1-8-11-4-6-18-8/h4,6-7,14H,1-3,5H2,(H,15,16)(H2,12,13,17)/t7-/m1/s1. The molecule has 0 radical (unpaired) electrons. The summed E-state index contributed by atoms with van der Waals surface area (Å²) < 4.78 is 0. The predicted molar refractivity (Wildman–Crippen MR) is 65.5 cm³/mol. The number of amides is 2. The van der Waals surface area contributed by atoms with Crippen molar-refractivity contribution < 1.29 is 19.8 Å². The van der Waals surface area contributed by atoms with Crippen LogP contribution in [0, 0.1) is 0 Å². The van der Waals surface area contributed by atoms with Crippen LogP contribution in [0.1, 0.15) is 11.4 Å². The Bertz CT molecular complexity index is 382. The number of hydrogen-bond donors (Lipinski definition) is 4. The number of nitrogens with zero attached hydrogens (tertiary/aromatic N) is 1. The minimum atomic E-state index is -1.17. The second-order valence-corrected chi connectivity index (χ2v) is 4.46. The highest BCUT2D eigenvalue weighted by Crippen LogP contribution is 2.03. The van der Waals surface area contributed by atoms with Crippen LogP contribution in [0.5, 0.6) is 0 Å². The average molecular weight is 273 g/mol. The fraction of sp³-hybridized carbons (Fsp3) is 0.500. The number of urea groups is 1. The molecule has 8 heteroatoms. The van der Waals surface area contributed by atoms with Crippen molar-refractivity contribution in [3.8, 4) is 0 Å². The third kappa shape index (κ3) is 5.11. The van der Waals surface area contributed by atoms with Crippen molar-refractivity contribution in [2.75, 3.05) is 13.2 Å². The van der Waals surface area contributed by atoms with E-state index in [1.807, 2.05) is 5.38 Å². The van der Waals surface area contributed by atoms with E-state index in [0.29, 0.717) is 13.0 Å². The van der Waals surface area contributed by atoms with E-state index in [1.165, 1.54) is 11.3 Å². The van der Waals surface area contributed by atoms with Crippen LogP contribution in [0.15, 0.2) is 11.6 Å². The van der Waals surface area contributed by atoms with Crippen molar-refractivity contribution in [2.45, 2.75) is 18.9 Å². The van der Waals surface area contributed by atoms with Crippen LogP contribution >= 0.6 is 11.3 Å². The summed E-state index contributed by atoms with van der Waals surface area (Å²) in [6.07, 6.45) is 2.26. The number of rotatable bonds is 7. The van der Waals surface area contributed by atoms with Gasteiger partial charge < -0.3 is 20.8 Å². The van der Waals surface area contributed by atoms with Crippen LogP contribution in [0.3, 0.4) is 0 Å². The summed E-state index contributed by atoms with van der Waals surface area (Å²) >= 11 is 1.49. The first-order valence-corrected chi connectivity index (χ1v) is 6.28. The highest BCUT2D eigenvalue weighted by molar-refractivity contribution is 7.09. The Hall–Kier alpha value is -1.67. The molecule has 100 valence electrons. The molecule has 1 aromatic heterocycles. The summed E-state index contributed by atoms with van der Waals surface area (Å²) in [5, 5.41) is 25.0. The highest BCUT2D eigenvalue weighted by Gasteiger charge is 2.18. The van der Waals surface area contributed by atoms with Crippen molar-refractivity contribution >= 4 is 23.3 Å². The van der Waals surface area contributed by atoms with Gasteiger partial charge in [-0.05, 0) is 0 Å². The van der Waals surface area contributed by atoms with E-state index in [2.05, 4.69) is 15.6 Å². The van der Waals surface area contributed by atoms with Crippen molar-refractivity contribution in [1.29, 1.82) is 0 Å². The molecule has 0 fully saturated rings. The number of aromatic nitrogens is 1. The Morgan fingerprint density at radius 3 is 2.83 bits per heavy atom. The number of thiazole rings is 1. The van der Waals surface area contributed by atoms with E-state index >= 15 is 0 Å². The van der Waals surface area contributed by atoms with Crippen LogP contribution < -0.4 is 10.6 Å². The number of hydrogen-bond acceptors (Lipinski definition) is 5. The zero-order valence-electron chi connectivity index (χ0n) is 9.63. The summed E-state index contributed by atoms with van der Waals surface area (Å²) in [7, 11) is 0. The molecule has 0 aliphatic carbocycles. The van der Waals surface area contributed by atoms with Crippen molar-refractivity contribution in [2.24, 2.45) is 0 Å². The van der Waals surface area contributed by atoms with Gasteiger partial charge in [-0.25, -0.2) is 14.6 Å². The van der Waals surface area contributed by atoms with Gasteiger partial charge in [0.15, 0.2) is 0 Å². The molecule has 7 nitrogen and oxygen atoms in total. The maximum Gasteiger partial charge on any atom is 0.326 e. The van der Waals surface area contributed by atoms with Crippen molar-refractivity contribution in [3.05, 3.63) is 16.6 Å². The molecular weight excluding hydrogens is 258 g/mol. The third-order valence-electron chi connectivity index (χ3n) is 2.13. The molecule has 2 amide bonds. The van der Waals surface area contributed by atoms with E-state index in [4.69, 9.17) is 10.2 Å². The maximum atomic E-state index is 11.4. The molecule has 0 saturated heterocycles. The number of aliphatic hydroxyl groups excluding tert-OH is 1. The topological polar surface area (TPSA) is 112 Å². The molecule has 4 N–H and O–H groups in total. The van der Waals surface area contributed by atoms with Gasteiger partial charge in [0, 0.05) is 37.6 Å². The molecule has 0 bridgehead atoms. The van der Waals surface area contributed by atoms with Gasteiger partial charge in [-0.15, -0.1) is 11.3 Å². The number of aliphatic carboxylic acids is 1. The van der Waals surface area contributed by atoms with E-state index in [1.54, 1.807) is 6.20 Å². The van der Waals surface area contributed by atoms with E-state index < -0.39 is 18.0 Å². The van der Waals surface area contributed by atoms with E-state index in [-0.39, 0.29) is 13.0 Å². The molecule has 0 aromatic carbocycles. The minimum absolute atomic E-state index is 0.0186. The molecule has 0 spiro atoms. The molecule has 1 heterocycles. The van der Waals surface area contributed by atoms with Gasteiger partial charge in [-0.2, -0.15) is 0 Å². The lowest BCUT2D eigenvalue weighted by molar-refractivity contribution is -0.139. The predicted octanol–water partition coefficient (Wildman–Crippen LogP) is -0.180. The molecular formula is C10H15N3O4S. The van der Waals surface area contributed by atoms with E-state index in [9.17, 15) is 9.59 Å². The fourth-order valence-corrected chi connectivity index (χ4v) is 1.88. The quantitative estimate of drug-likeness (QED) is 0.550. The zero-order chi connectivity index (χ0) is 13.4. The first-order valence-electron chi connectivity index (χ1n) is 5.40. The largest absolute Gasteiger partial charge is 0.480 e. The monoisotopic (exact) mass is 273 g/mol. The summed E-state index contributed by atoms with van der Waals surface area (Å²) in [5.74, 6) is -1.17. The summed E-state index contributed by atoms with van der Waals surface area (Å²) in [5.41, 5.74) is 0. The highest BCUT2D eigenvalue weighted by atomic mass is 32.1. The number of carboxylic acids is 1. The lowest BCUT2D eigenvalue weighted by Gasteiger charge is -2.13. The Kier molecular flexibility index (Phi) is 6.09. The molecule has 0 saturated carbocycles. The van der Waals surface area contributed by atoms with Gasteiger partial charge in [0.1, 0.15) is 6.04 Å². The SMILES string of the molecule is O=C(NCCc1nccs1)N[C@H](CCO)C(=O)O. The van der Waals surface area contributed by atoms with Crippen LogP contribution in [0.25, 0.3) is 0 Å². The molecule has 1 atom stereocenters. The van der Waals surface area contributed by atoms with Gasteiger partial charge in [0.25, 0.3) is 0 Å². The van der Waals surface area contributed by atoms with Crippen LogP contribution in [0.2, 0.25) is 0 Å². The maximum absolute atomic E-state index is 11.4. The van der Waals surface area contributed by atoms with Gasteiger partial charge >= 0.3 is 12.0 Å². The molecule has 0 aliphatic heterocycles. The molecule has 18 heavy (non-hydrogen) atoms. The molecule has 0 unspecified atom stereocenters. The van der Waals surface area contributed by atoms with Crippen molar-refractivity contribution in [1.82, 2.24) is 15.6 Å². The smallest absolute Gasteiger partial charge is 0.326 e. The number of aliphatic hydroxyl groups is 1. The lowest BCUT2D eigenvalue weighted by atomic mass is 10.2. The van der Waals surface area contributed by atoms with Crippen LogP contribution in [0.4, 0.5) is 4.79 Å². The minimum Gasteiger partial charge on any atom is -0.480 e. The third-order valence-corrected chi connectivity index (χ3v) is 2.97. The second-order valence-electron chi connectivity index (χ2n) is 3.48. The molecule has 1 aromatic rings. The molecule has 0 aliphatic rings. The van der Waals surface area contributed by atoms with Crippen molar-refractivity contribution in [3.63, 3.8) is 0 Å². The summed E-state index contributed by atoms with van der Waals surface area (Å²) in [4.78, 5) is 26.2. The average Bonchev–Trinajstić information content (AvgIpc) is 2.81. The zero-order valence-corrected chi connectivity index (χ0v) is 10.4. The summed E-state index contributed by atoms with van der Waals surface area (Å²) in [6, 6.07) is -1.64. The van der Waals surface area contributed by atoms with E-state index in [0.717, 1.165) is 5.01 Å². The second kappa shape index (κ2) is 7.62. The molecule has 1 rings (SSSR count). The Morgan fingerprint density at radius 1 is 1.50 bits per heavy atom. The Balaban J connectivity index is 2.25. The number of carbonyl (C=O) groups is 2. The lowest BCUT2D eigenvalue weighted by Crippen LogP contribution is -2.46. The van der Waals surface area contributed by atoms with Gasteiger partial charge in [-0.1, -0.05) is 0 Å². The Labute approximate surface area is 108 Å². The fourth-order valence-electron chi connectivity index (χ4n) is 1.26. The normalized spacial score (nSPS) is 11.8. The number of carboxylic acid groups (broad SMARTS) is 1. The number of carbonyl (C=O) groups excluding carboxylic acids is 1. The van der Waals surface area contributed by atoms with Gasteiger partial charge in [-0.3, -0.25) is 0 Å². The van der Waals surface area contributed by atoms with Gasteiger partial charge in [0.05, 0.1) is 5.01 Å². The number of nitrogens with one attached hydrogen (secondary N) is 2. The van der Waals surface area contributed by atoms with Crippen LogP contribution in [-0.4, -0.2) is 46.4 Å². The Morgan fingerprint density at radius 2 is 2.28 bits per heavy atom. The first-order chi connectivity index (χ1) is 8.63. The first kappa shape index (κ1) is 14.4. The van der Waals surface area contributed by atoms with Crippen LogP contribution in [-0.2, 0) is 11.2 Å². The summed E-state index contributed by atoms with van der Waals surface area (Å²) in [6.45, 7) is 0.0845. The van der Waals surface area contributed by atoms with Gasteiger partial charge in [0.2, 0.25) is 0 Å².